The lowest BCUT2D eigenvalue weighted by atomic mass is 10.1. The normalized spacial score (nSPS) is 14.0. The molecule has 3 rings (SSSR count). The van der Waals surface area contributed by atoms with Crippen molar-refractivity contribution in [2.75, 3.05) is 40.4 Å². The topological polar surface area (TPSA) is 59.1 Å². The third-order valence-corrected chi connectivity index (χ3v) is 5.06. The van der Waals surface area contributed by atoms with Crippen molar-refractivity contribution >= 4 is 27.7 Å². The average molecular weight is 433 g/mol. The molecule has 2 aromatic carbocycles. The zero-order chi connectivity index (χ0) is 19.4. The molecule has 1 heterocycles. The molecule has 6 nitrogen and oxygen atoms in total. The molecule has 1 aliphatic heterocycles. The average Bonchev–Trinajstić information content (AvgIpc) is 2.72. The Balaban J connectivity index is 1.71. The first-order valence-electron chi connectivity index (χ1n) is 8.60. The van der Waals surface area contributed by atoms with Gasteiger partial charge < -0.3 is 19.3 Å². The highest BCUT2D eigenvalue weighted by Gasteiger charge is 2.28. The van der Waals surface area contributed by atoms with Crippen molar-refractivity contribution in [1.29, 1.82) is 0 Å². The van der Waals surface area contributed by atoms with E-state index in [-0.39, 0.29) is 11.8 Å². The summed E-state index contributed by atoms with van der Waals surface area (Å²) in [5.41, 5.74) is 1.05. The molecule has 0 aliphatic carbocycles. The van der Waals surface area contributed by atoms with Gasteiger partial charge in [0.1, 0.15) is 17.1 Å². The first-order chi connectivity index (χ1) is 13.0. The Morgan fingerprint density at radius 3 is 1.89 bits per heavy atom. The second kappa shape index (κ2) is 8.43. The van der Waals surface area contributed by atoms with Crippen LogP contribution in [0.15, 0.2) is 46.9 Å². The zero-order valence-corrected chi connectivity index (χ0v) is 16.9. The fraction of sp³-hybridized carbons (Fsp3) is 0.300. The van der Waals surface area contributed by atoms with Crippen LogP contribution in [0.4, 0.5) is 0 Å². The summed E-state index contributed by atoms with van der Waals surface area (Å²) in [5, 5.41) is 0. The summed E-state index contributed by atoms with van der Waals surface area (Å²) in [7, 11) is 3.06. The molecule has 7 heteroatoms. The Morgan fingerprint density at radius 1 is 0.852 bits per heavy atom. The molecule has 1 fully saturated rings. The van der Waals surface area contributed by atoms with E-state index in [1.807, 2.05) is 12.1 Å². The lowest BCUT2D eigenvalue weighted by molar-refractivity contribution is 0.0531. The largest absolute Gasteiger partial charge is 0.496 e. The molecule has 2 amide bonds. The van der Waals surface area contributed by atoms with E-state index in [1.54, 1.807) is 40.1 Å². The third-order valence-electron chi connectivity index (χ3n) is 4.57. The van der Waals surface area contributed by atoms with Crippen LogP contribution in [0.1, 0.15) is 20.7 Å². The molecule has 0 aromatic heterocycles. The van der Waals surface area contributed by atoms with Gasteiger partial charge in [-0.2, -0.15) is 0 Å². The molecule has 142 valence electrons. The van der Waals surface area contributed by atoms with Gasteiger partial charge >= 0.3 is 0 Å². The number of hydrogen-bond donors (Lipinski definition) is 0. The molecule has 0 saturated carbocycles. The predicted octanol–water partition coefficient (Wildman–Crippen LogP) is 3.06. The summed E-state index contributed by atoms with van der Waals surface area (Å²) in [5.74, 6) is 0.774. The molecule has 0 bridgehead atoms. The van der Waals surface area contributed by atoms with Crippen molar-refractivity contribution < 1.29 is 19.1 Å². The Bertz CT molecular complexity index is 825. The van der Waals surface area contributed by atoms with Gasteiger partial charge in [-0.1, -0.05) is 28.1 Å². The van der Waals surface area contributed by atoms with Gasteiger partial charge in [0.15, 0.2) is 0 Å². The summed E-state index contributed by atoms with van der Waals surface area (Å²) in [6.07, 6.45) is 0. The van der Waals surface area contributed by atoms with E-state index in [0.717, 1.165) is 4.47 Å². The number of ether oxygens (including phenoxy) is 2. The van der Waals surface area contributed by atoms with Crippen molar-refractivity contribution in [2.45, 2.75) is 0 Å². The van der Waals surface area contributed by atoms with Crippen molar-refractivity contribution in [3.8, 4) is 11.5 Å². The van der Waals surface area contributed by atoms with Gasteiger partial charge in [-0.25, -0.2) is 0 Å². The van der Waals surface area contributed by atoms with Crippen LogP contribution in [-0.4, -0.2) is 62.0 Å². The van der Waals surface area contributed by atoms with E-state index in [9.17, 15) is 9.59 Å². The van der Waals surface area contributed by atoms with Gasteiger partial charge in [-0.15, -0.1) is 0 Å². The Morgan fingerprint density at radius 2 is 1.37 bits per heavy atom. The van der Waals surface area contributed by atoms with E-state index >= 15 is 0 Å². The number of nitrogens with zero attached hydrogens (tertiary/aromatic N) is 2. The maximum atomic E-state index is 13.0. The van der Waals surface area contributed by atoms with Crippen LogP contribution in [0.2, 0.25) is 0 Å². The molecule has 0 N–H and O–H groups in total. The van der Waals surface area contributed by atoms with Gasteiger partial charge in [-0.05, 0) is 30.3 Å². The number of methoxy groups -OCH3 is 2. The van der Waals surface area contributed by atoms with E-state index in [1.165, 1.54) is 14.2 Å². The van der Waals surface area contributed by atoms with Crippen LogP contribution in [0.3, 0.4) is 0 Å². The fourth-order valence-electron chi connectivity index (χ4n) is 3.14. The van der Waals surface area contributed by atoms with E-state index in [4.69, 9.17) is 9.47 Å². The summed E-state index contributed by atoms with van der Waals surface area (Å²) in [6.45, 7) is 1.88. The number of carbonyl (C=O) groups excluding carboxylic acids is 2. The monoisotopic (exact) mass is 432 g/mol. The highest BCUT2D eigenvalue weighted by atomic mass is 79.9. The van der Waals surface area contributed by atoms with E-state index in [0.29, 0.717) is 48.8 Å². The maximum Gasteiger partial charge on any atom is 0.261 e. The van der Waals surface area contributed by atoms with Gasteiger partial charge in [0.25, 0.3) is 11.8 Å². The lowest BCUT2D eigenvalue weighted by Crippen LogP contribution is -2.50. The molecular weight excluding hydrogens is 412 g/mol. The summed E-state index contributed by atoms with van der Waals surface area (Å²) >= 11 is 3.39. The van der Waals surface area contributed by atoms with Gasteiger partial charge in [0, 0.05) is 36.2 Å². The third kappa shape index (κ3) is 4.08. The van der Waals surface area contributed by atoms with Crippen LogP contribution >= 0.6 is 15.9 Å². The first kappa shape index (κ1) is 19.2. The van der Waals surface area contributed by atoms with Gasteiger partial charge in [0.05, 0.1) is 14.2 Å². The van der Waals surface area contributed by atoms with Gasteiger partial charge in [0.2, 0.25) is 0 Å². The molecule has 0 unspecified atom stereocenters. The lowest BCUT2D eigenvalue weighted by Gasteiger charge is -2.35. The molecule has 2 aromatic rings. The van der Waals surface area contributed by atoms with Crippen LogP contribution < -0.4 is 9.47 Å². The fourth-order valence-corrected chi connectivity index (χ4v) is 3.54. The van der Waals surface area contributed by atoms with Crippen molar-refractivity contribution in [3.05, 3.63) is 58.1 Å². The Kier molecular flexibility index (Phi) is 6.01. The number of amides is 2. The molecule has 0 radical (unpaired) electrons. The number of benzene rings is 2. The summed E-state index contributed by atoms with van der Waals surface area (Å²) in [6, 6.07) is 12.6. The molecule has 0 atom stereocenters. The minimum atomic E-state index is -0.154. The van der Waals surface area contributed by atoms with Crippen molar-refractivity contribution in [2.24, 2.45) is 0 Å². The van der Waals surface area contributed by atoms with Crippen LogP contribution in [0.5, 0.6) is 11.5 Å². The van der Waals surface area contributed by atoms with Crippen LogP contribution in [0, 0.1) is 0 Å². The number of carbonyl (C=O) groups is 2. The van der Waals surface area contributed by atoms with E-state index in [2.05, 4.69) is 15.9 Å². The highest BCUT2D eigenvalue weighted by Crippen LogP contribution is 2.30. The number of hydrogen-bond acceptors (Lipinski definition) is 4. The second-order valence-corrected chi connectivity index (χ2v) is 7.05. The van der Waals surface area contributed by atoms with Crippen LogP contribution in [0.25, 0.3) is 0 Å². The quantitative estimate of drug-likeness (QED) is 0.744. The molecule has 0 spiro atoms. The molecular formula is C20H21BrN2O4. The first-order valence-corrected chi connectivity index (χ1v) is 9.39. The highest BCUT2D eigenvalue weighted by molar-refractivity contribution is 9.10. The smallest absolute Gasteiger partial charge is 0.261 e. The SMILES string of the molecule is COc1cccc(OC)c1C(=O)N1CCN(C(=O)c2cccc(Br)c2)CC1. The van der Waals surface area contributed by atoms with Crippen LogP contribution in [-0.2, 0) is 0 Å². The standard InChI is InChI=1S/C20H21BrN2O4/c1-26-16-7-4-8-17(27-2)18(16)20(25)23-11-9-22(10-12-23)19(24)14-5-3-6-15(21)13-14/h3-8,13H,9-12H2,1-2H3. The molecule has 1 saturated heterocycles. The maximum absolute atomic E-state index is 13.0. The number of halogens is 1. The number of rotatable bonds is 4. The zero-order valence-electron chi connectivity index (χ0n) is 15.3. The molecule has 27 heavy (non-hydrogen) atoms. The summed E-state index contributed by atoms with van der Waals surface area (Å²) in [4.78, 5) is 29.2. The minimum absolute atomic E-state index is 0.0294. The predicted molar refractivity (Wildman–Crippen MR) is 105 cm³/mol. The second-order valence-electron chi connectivity index (χ2n) is 6.13. The molecule has 1 aliphatic rings. The summed E-state index contributed by atoms with van der Waals surface area (Å²) < 4.78 is 11.5. The minimum Gasteiger partial charge on any atom is -0.496 e. The van der Waals surface area contributed by atoms with Gasteiger partial charge in [-0.3, -0.25) is 9.59 Å². The van der Waals surface area contributed by atoms with Crippen molar-refractivity contribution in [1.82, 2.24) is 9.80 Å². The Hall–Kier alpha value is -2.54. The van der Waals surface area contributed by atoms with E-state index < -0.39 is 0 Å². The number of piperazine rings is 1. The van der Waals surface area contributed by atoms with Crippen molar-refractivity contribution in [3.63, 3.8) is 0 Å². The Labute approximate surface area is 166 Å².